The summed E-state index contributed by atoms with van der Waals surface area (Å²) in [5.41, 5.74) is 2.52. The predicted octanol–water partition coefficient (Wildman–Crippen LogP) is 4.17. The van der Waals surface area contributed by atoms with E-state index in [0.29, 0.717) is 11.3 Å². The molecule has 0 spiro atoms. The molecule has 1 fully saturated rings. The molecule has 3 rings (SSSR count). The molecule has 3 heteroatoms. The molecule has 106 valence electrons. The van der Waals surface area contributed by atoms with Gasteiger partial charge in [-0.2, -0.15) is 11.8 Å². The molecule has 1 saturated heterocycles. The van der Waals surface area contributed by atoms with E-state index in [0.717, 1.165) is 12.1 Å². The lowest BCUT2D eigenvalue weighted by Crippen LogP contribution is -2.31. The summed E-state index contributed by atoms with van der Waals surface area (Å²) in [5, 5.41) is 5.70. The van der Waals surface area contributed by atoms with Gasteiger partial charge in [-0.3, -0.25) is 4.98 Å². The topological polar surface area (TPSA) is 24.9 Å². The first-order chi connectivity index (χ1) is 9.90. The number of thioether (sulfide) groups is 1. The summed E-state index contributed by atoms with van der Waals surface area (Å²) in [7, 11) is 0. The minimum atomic E-state index is 0.443. The average Bonchev–Trinajstić information content (AvgIpc) is 2.53. The molecule has 0 aliphatic carbocycles. The standard InChI is InChI=1S/C17H22N2S/c1-2-18-17(16-10-3-4-12-20-16)14-7-5-9-15-13(14)8-6-11-19-15/h5-9,11,16-18H,2-4,10,12H2,1H3. The summed E-state index contributed by atoms with van der Waals surface area (Å²) in [6.45, 7) is 3.21. The lowest BCUT2D eigenvalue weighted by Gasteiger charge is -2.31. The third-order valence-electron chi connectivity index (χ3n) is 4.03. The first-order valence-corrected chi connectivity index (χ1v) is 8.63. The molecule has 1 aliphatic heterocycles. The molecule has 1 aliphatic rings. The maximum Gasteiger partial charge on any atom is 0.0705 e. The van der Waals surface area contributed by atoms with Crippen LogP contribution in [-0.4, -0.2) is 22.5 Å². The minimum Gasteiger partial charge on any atom is -0.309 e. The van der Waals surface area contributed by atoms with Gasteiger partial charge in [0.05, 0.1) is 5.52 Å². The maximum atomic E-state index is 4.49. The minimum absolute atomic E-state index is 0.443. The predicted molar refractivity (Wildman–Crippen MR) is 88.3 cm³/mol. The van der Waals surface area contributed by atoms with E-state index < -0.39 is 0 Å². The number of hydrogen-bond donors (Lipinski definition) is 1. The van der Waals surface area contributed by atoms with E-state index >= 15 is 0 Å². The van der Waals surface area contributed by atoms with Gasteiger partial charge in [-0.25, -0.2) is 0 Å². The van der Waals surface area contributed by atoms with Crippen LogP contribution < -0.4 is 5.32 Å². The van der Waals surface area contributed by atoms with Gasteiger partial charge in [0.2, 0.25) is 0 Å². The zero-order valence-corrected chi connectivity index (χ0v) is 12.8. The number of benzene rings is 1. The molecule has 2 nitrogen and oxygen atoms in total. The highest BCUT2D eigenvalue weighted by Gasteiger charge is 2.26. The van der Waals surface area contributed by atoms with Crippen LogP contribution in [0.25, 0.3) is 10.9 Å². The van der Waals surface area contributed by atoms with Gasteiger partial charge < -0.3 is 5.32 Å². The van der Waals surface area contributed by atoms with Gasteiger partial charge in [0, 0.05) is 22.9 Å². The van der Waals surface area contributed by atoms with Crippen LogP contribution in [0, 0.1) is 0 Å². The van der Waals surface area contributed by atoms with Crippen LogP contribution in [0.4, 0.5) is 0 Å². The van der Waals surface area contributed by atoms with Crippen LogP contribution in [0.3, 0.4) is 0 Å². The van der Waals surface area contributed by atoms with Gasteiger partial charge in [-0.15, -0.1) is 0 Å². The molecule has 2 aromatic rings. The van der Waals surface area contributed by atoms with E-state index in [4.69, 9.17) is 0 Å². The third-order valence-corrected chi connectivity index (χ3v) is 5.49. The van der Waals surface area contributed by atoms with Crippen molar-refractivity contribution in [3.8, 4) is 0 Å². The first-order valence-electron chi connectivity index (χ1n) is 7.59. The molecule has 0 saturated carbocycles. The Morgan fingerprint density at radius 2 is 2.25 bits per heavy atom. The fraction of sp³-hybridized carbons (Fsp3) is 0.471. The zero-order chi connectivity index (χ0) is 13.8. The van der Waals surface area contributed by atoms with Crippen LogP contribution in [0.2, 0.25) is 0 Å². The SMILES string of the molecule is CCNC(c1cccc2ncccc12)C1CCCCS1. The lowest BCUT2D eigenvalue weighted by molar-refractivity contribution is 0.494. The van der Waals surface area contributed by atoms with Crippen molar-refractivity contribution in [2.45, 2.75) is 37.5 Å². The molecular weight excluding hydrogens is 264 g/mol. The number of pyridine rings is 1. The third kappa shape index (κ3) is 2.84. The van der Waals surface area contributed by atoms with Crippen LogP contribution >= 0.6 is 11.8 Å². The van der Waals surface area contributed by atoms with Gasteiger partial charge in [-0.05, 0) is 42.8 Å². The van der Waals surface area contributed by atoms with E-state index in [1.165, 1.54) is 36.0 Å². The van der Waals surface area contributed by atoms with Crippen molar-refractivity contribution in [2.75, 3.05) is 12.3 Å². The number of rotatable bonds is 4. The second-order valence-corrected chi connectivity index (χ2v) is 6.70. The van der Waals surface area contributed by atoms with Gasteiger partial charge in [0.15, 0.2) is 0 Å². The van der Waals surface area contributed by atoms with Crippen molar-refractivity contribution in [3.05, 3.63) is 42.1 Å². The summed E-state index contributed by atoms with van der Waals surface area (Å²) in [6.07, 6.45) is 5.93. The Balaban J connectivity index is 2.00. The Hall–Kier alpha value is -1.06. The molecule has 1 aromatic carbocycles. The van der Waals surface area contributed by atoms with Crippen molar-refractivity contribution in [3.63, 3.8) is 0 Å². The Morgan fingerprint density at radius 1 is 1.30 bits per heavy atom. The molecule has 20 heavy (non-hydrogen) atoms. The highest BCUT2D eigenvalue weighted by molar-refractivity contribution is 8.00. The van der Waals surface area contributed by atoms with Crippen molar-refractivity contribution >= 4 is 22.7 Å². The van der Waals surface area contributed by atoms with E-state index in [-0.39, 0.29) is 0 Å². The largest absolute Gasteiger partial charge is 0.309 e. The number of fused-ring (bicyclic) bond motifs is 1. The molecule has 0 radical (unpaired) electrons. The molecule has 1 aromatic heterocycles. The monoisotopic (exact) mass is 286 g/mol. The normalized spacial score (nSPS) is 20.9. The smallest absolute Gasteiger partial charge is 0.0705 e. The average molecular weight is 286 g/mol. The number of nitrogens with one attached hydrogen (secondary N) is 1. The summed E-state index contributed by atoms with van der Waals surface area (Å²) >= 11 is 2.13. The molecule has 0 amide bonds. The second kappa shape index (κ2) is 6.59. The van der Waals surface area contributed by atoms with E-state index in [1.54, 1.807) is 0 Å². The van der Waals surface area contributed by atoms with Crippen molar-refractivity contribution in [1.29, 1.82) is 0 Å². The molecule has 1 N–H and O–H groups in total. The first kappa shape index (κ1) is 13.9. The maximum absolute atomic E-state index is 4.49. The quantitative estimate of drug-likeness (QED) is 0.913. The summed E-state index contributed by atoms with van der Waals surface area (Å²) in [6, 6.07) is 11.2. The fourth-order valence-corrected chi connectivity index (χ4v) is 4.53. The Morgan fingerprint density at radius 3 is 3.05 bits per heavy atom. The molecule has 2 atom stereocenters. The molecule has 0 bridgehead atoms. The number of nitrogens with zero attached hydrogens (tertiary/aromatic N) is 1. The molecule has 2 unspecified atom stereocenters. The Labute approximate surface area is 125 Å². The van der Waals surface area contributed by atoms with Gasteiger partial charge in [0.1, 0.15) is 0 Å². The van der Waals surface area contributed by atoms with Gasteiger partial charge in [-0.1, -0.05) is 31.5 Å². The number of aromatic nitrogens is 1. The Bertz CT molecular complexity index is 558. The van der Waals surface area contributed by atoms with Crippen molar-refractivity contribution in [1.82, 2.24) is 10.3 Å². The van der Waals surface area contributed by atoms with Gasteiger partial charge in [0.25, 0.3) is 0 Å². The highest BCUT2D eigenvalue weighted by Crippen LogP contribution is 2.36. The van der Waals surface area contributed by atoms with Crippen LogP contribution in [0.15, 0.2) is 36.5 Å². The summed E-state index contributed by atoms with van der Waals surface area (Å²) in [5.74, 6) is 1.30. The summed E-state index contributed by atoms with van der Waals surface area (Å²) in [4.78, 5) is 4.49. The Kier molecular flexibility index (Phi) is 4.58. The van der Waals surface area contributed by atoms with E-state index in [2.05, 4.69) is 53.3 Å². The lowest BCUT2D eigenvalue weighted by atomic mass is 9.96. The van der Waals surface area contributed by atoms with E-state index in [9.17, 15) is 0 Å². The van der Waals surface area contributed by atoms with Gasteiger partial charge >= 0.3 is 0 Å². The molecular formula is C17H22N2S. The van der Waals surface area contributed by atoms with Crippen LogP contribution in [0.1, 0.15) is 37.8 Å². The number of hydrogen-bond acceptors (Lipinski definition) is 3. The van der Waals surface area contributed by atoms with Crippen LogP contribution in [0.5, 0.6) is 0 Å². The fourth-order valence-electron chi connectivity index (χ4n) is 3.09. The summed E-state index contributed by atoms with van der Waals surface area (Å²) < 4.78 is 0. The highest BCUT2D eigenvalue weighted by atomic mass is 32.2. The zero-order valence-electron chi connectivity index (χ0n) is 12.0. The van der Waals surface area contributed by atoms with Crippen LogP contribution in [-0.2, 0) is 0 Å². The van der Waals surface area contributed by atoms with Crippen molar-refractivity contribution < 1.29 is 0 Å². The second-order valence-electron chi connectivity index (χ2n) is 5.36. The van der Waals surface area contributed by atoms with E-state index in [1.807, 2.05) is 12.3 Å². The molecule has 2 heterocycles. The van der Waals surface area contributed by atoms with Crippen molar-refractivity contribution in [2.24, 2.45) is 0 Å².